The second-order valence-corrected chi connectivity index (χ2v) is 8.44. The molecule has 1 aromatic heterocycles. The molecule has 2 heterocycles. The lowest BCUT2D eigenvalue weighted by Crippen LogP contribution is -2.54. The molecule has 1 fully saturated rings. The summed E-state index contributed by atoms with van der Waals surface area (Å²) < 4.78 is 0. The number of benzene rings is 1. The molecule has 1 saturated heterocycles. The van der Waals surface area contributed by atoms with E-state index in [1.165, 1.54) is 0 Å². The quantitative estimate of drug-likeness (QED) is 0.739. The van der Waals surface area contributed by atoms with Crippen molar-refractivity contribution in [3.05, 3.63) is 65.5 Å². The van der Waals surface area contributed by atoms with Gasteiger partial charge in [-0.05, 0) is 49.9 Å². The molecule has 30 heavy (non-hydrogen) atoms. The lowest BCUT2D eigenvalue weighted by atomic mass is 10.00. The second-order valence-electron chi connectivity index (χ2n) is 8.44. The third-order valence-corrected chi connectivity index (χ3v) is 5.56. The Labute approximate surface area is 179 Å². The Bertz CT molecular complexity index is 845. The summed E-state index contributed by atoms with van der Waals surface area (Å²) in [7, 11) is 0. The lowest BCUT2D eigenvalue weighted by molar-refractivity contribution is -0.125. The first kappa shape index (κ1) is 22.0. The van der Waals surface area contributed by atoms with E-state index in [0.29, 0.717) is 5.56 Å². The highest BCUT2D eigenvalue weighted by Crippen LogP contribution is 2.14. The largest absolute Gasteiger partial charge is 0.351 e. The van der Waals surface area contributed by atoms with Gasteiger partial charge < -0.3 is 10.6 Å². The van der Waals surface area contributed by atoms with Gasteiger partial charge in [0.1, 0.15) is 6.04 Å². The molecular formula is C24H32N4O2. The number of aryl methyl sites for hydroxylation is 1. The van der Waals surface area contributed by atoms with Gasteiger partial charge in [-0.1, -0.05) is 37.6 Å². The van der Waals surface area contributed by atoms with Crippen LogP contribution in [0.5, 0.6) is 0 Å². The molecule has 0 aliphatic carbocycles. The lowest BCUT2D eigenvalue weighted by Gasteiger charge is -2.33. The van der Waals surface area contributed by atoms with E-state index in [2.05, 4.69) is 20.5 Å². The average molecular weight is 409 g/mol. The van der Waals surface area contributed by atoms with Crippen LogP contribution in [0.2, 0.25) is 0 Å². The first-order chi connectivity index (χ1) is 14.4. The molecule has 0 radical (unpaired) electrons. The Morgan fingerprint density at radius 1 is 1.13 bits per heavy atom. The van der Waals surface area contributed by atoms with Crippen molar-refractivity contribution in [1.29, 1.82) is 0 Å². The van der Waals surface area contributed by atoms with Crippen LogP contribution in [0.3, 0.4) is 0 Å². The van der Waals surface area contributed by atoms with Crippen molar-refractivity contribution in [2.45, 2.75) is 52.2 Å². The molecule has 1 aliphatic heterocycles. The number of hydrogen-bond donors (Lipinski definition) is 2. The van der Waals surface area contributed by atoms with Crippen molar-refractivity contribution in [2.75, 3.05) is 13.1 Å². The standard InChI is InChI=1S/C24H32N4O2/c1-17(2)22(27-23(29)19-8-6-7-18(3)15-19)24(30)26-20-10-13-28(14-11-20)16-21-9-4-5-12-25-21/h4-9,12,15,17,20,22H,10-11,13-14,16H2,1-3H3,(H,26,30)(H,27,29). The predicted molar refractivity (Wildman–Crippen MR) is 118 cm³/mol. The molecule has 6 nitrogen and oxygen atoms in total. The van der Waals surface area contributed by atoms with E-state index in [4.69, 9.17) is 0 Å². The minimum atomic E-state index is -0.551. The van der Waals surface area contributed by atoms with E-state index in [9.17, 15) is 9.59 Å². The normalized spacial score (nSPS) is 16.3. The molecule has 1 aromatic carbocycles. The van der Waals surface area contributed by atoms with E-state index in [1.54, 1.807) is 6.07 Å². The fourth-order valence-corrected chi connectivity index (χ4v) is 3.79. The summed E-state index contributed by atoms with van der Waals surface area (Å²) in [4.78, 5) is 32.3. The van der Waals surface area contributed by atoms with Gasteiger partial charge in [-0.2, -0.15) is 0 Å². The molecule has 2 amide bonds. The number of piperidine rings is 1. The number of carbonyl (C=O) groups is 2. The van der Waals surface area contributed by atoms with Crippen LogP contribution in [0.25, 0.3) is 0 Å². The molecule has 0 bridgehead atoms. The number of pyridine rings is 1. The molecule has 2 aromatic rings. The first-order valence-electron chi connectivity index (χ1n) is 10.7. The Kier molecular flexibility index (Phi) is 7.57. The molecule has 2 N–H and O–H groups in total. The van der Waals surface area contributed by atoms with E-state index in [1.807, 2.05) is 63.4 Å². The summed E-state index contributed by atoms with van der Waals surface area (Å²) in [5.74, 6) is -0.310. The van der Waals surface area contributed by atoms with Gasteiger partial charge in [-0.15, -0.1) is 0 Å². The monoisotopic (exact) mass is 408 g/mol. The van der Waals surface area contributed by atoms with Crippen LogP contribution in [0.1, 0.15) is 48.3 Å². The first-order valence-corrected chi connectivity index (χ1v) is 10.7. The highest BCUT2D eigenvalue weighted by molar-refractivity contribution is 5.97. The summed E-state index contributed by atoms with van der Waals surface area (Å²) in [6.45, 7) is 8.53. The van der Waals surface area contributed by atoms with Crippen LogP contribution in [0.15, 0.2) is 48.7 Å². The Hall–Kier alpha value is -2.73. The van der Waals surface area contributed by atoms with Crippen LogP contribution in [-0.4, -0.2) is 46.9 Å². The van der Waals surface area contributed by atoms with E-state index < -0.39 is 6.04 Å². The molecule has 1 atom stereocenters. The third-order valence-electron chi connectivity index (χ3n) is 5.56. The average Bonchev–Trinajstić information content (AvgIpc) is 2.73. The summed E-state index contributed by atoms with van der Waals surface area (Å²) in [6, 6.07) is 13.0. The second kappa shape index (κ2) is 10.3. The summed E-state index contributed by atoms with van der Waals surface area (Å²) in [6.07, 6.45) is 3.61. The molecule has 6 heteroatoms. The maximum absolute atomic E-state index is 12.9. The smallest absolute Gasteiger partial charge is 0.251 e. The van der Waals surface area contributed by atoms with Crippen LogP contribution in [0.4, 0.5) is 0 Å². The van der Waals surface area contributed by atoms with Crippen LogP contribution >= 0.6 is 0 Å². The predicted octanol–water partition coefficient (Wildman–Crippen LogP) is 2.93. The SMILES string of the molecule is Cc1cccc(C(=O)NC(C(=O)NC2CCN(Cc3ccccn3)CC2)C(C)C)c1. The number of likely N-dealkylation sites (tertiary alicyclic amines) is 1. The molecular weight excluding hydrogens is 376 g/mol. The molecule has 0 saturated carbocycles. The Morgan fingerprint density at radius 3 is 2.53 bits per heavy atom. The van der Waals surface area contributed by atoms with Gasteiger partial charge in [0.05, 0.1) is 5.69 Å². The van der Waals surface area contributed by atoms with Crippen molar-refractivity contribution < 1.29 is 9.59 Å². The molecule has 1 unspecified atom stereocenters. The van der Waals surface area contributed by atoms with Crippen molar-refractivity contribution in [3.8, 4) is 0 Å². The zero-order chi connectivity index (χ0) is 21.5. The van der Waals surface area contributed by atoms with Crippen molar-refractivity contribution in [1.82, 2.24) is 20.5 Å². The highest BCUT2D eigenvalue weighted by atomic mass is 16.2. The minimum Gasteiger partial charge on any atom is -0.351 e. The fraction of sp³-hybridized carbons (Fsp3) is 0.458. The van der Waals surface area contributed by atoms with Gasteiger partial charge in [-0.25, -0.2) is 0 Å². The van der Waals surface area contributed by atoms with Crippen molar-refractivity contribution >= 4 is 11.8 Å². The topological polar surface area (TPSA) is 74.3 Å². The Balaban J connectivity index is 1.51. The number of aromatic nitrogens is 1. The van der Waals surface area contributed by atoms with Gasteiger partial charge >= 0.3 is 0 Å². The van der Waals surface area contributed by atoms with Crippen LogP contribution < -0.4 is 10.6 Å². The van der Waals surface area contributed by atoms with Crippen molar-refractivity contribution in [2.24, 2.45) is 5.92 Å². The number of rotatable bonds is 7. The molecule has 3 rings (SSSR count). The maximum atomic E-state index is 12.9. The Morgan fingerprint density at radius 2 is 1.90 bits per heavy atom. The molecule has 0 spiro atoms. The number of nitrogens with zero attached hydrogens (tertiary/aromatic N) is 2. The van der Waals surface area contributed by atoms with E-state index in [-0.39, 0.29) is 23.8 Å². The van der Waals surface area contributed by atoms with Crippen LogP contribution in [0, 0.1) is 12.8 Å². The van der Waals surface area contributed by atoms with Gasteiger partial charge in [-0.3, -0.25) is 19.5 Å². The van der Waals surface area contributed by atoms with Crippen molar-refractivity contribution in [3.63, 3.8) is 0 Å². The van der Waals surface area contributed by atoms with E-state index >= 15 is 0 Å². The van der Waals surface area contributed by atoms with Gasteiger partial charge in [0, 0.05) is 37.4 Å². The number of carbonyl (C=O) groups excluding carboxylic acids is 2. The fourth-order valence-electron chi connectivity index (χ4n) is 3.79. The highest BCUT2D eigenvalue weighted by Gasteiger charge is 2.28. The summed E-state index contributed by atoms with van der Waals surface area (Å²) in [5, 5.41) is 6.08. The zero-order valence-electron chi connectivity index (χ0n) is 18.1. The zero-order valence-corrected chi connectivity index (χ0v) is 18.1. The molecule has 1 aliphatic rings. The van der Waals surface area contributed by atoms with E-state index in [0.717, 1.165) is 43.7 Å². The maximum Gasteiger partial charge on any atom is 0.251 e. The molecule has 160 valence electrons. The van der Waals surface area contributed by atoms with Gasteiger partial charge in [0.15, 0.2) is 0 Å². The number of amides is 2. The number of hydrogen-bond acceptors (Lipinski definition) is 4. The number of nitrogens with one attached hydrogen (secondary N) is 2. The summed E-state index contributed by atoms with van der Waals surface area (Å²) in [5.41, 5.74) is 2.67. The summed E-state index contributed by atoms with van der Waals surface area (Å²) >= 11 is 0. The minimum absolute atomic E-state index is 0.00278. The van der Waals surface area contributed by atoms with Gasteiger partial charge in [0.2, 0.25) is 5.91 Å². The van der Waals surface area contributed by atoms with Crippen LogP contribution in [-0.2, 0) is 11.3 Å². The third kappa shape index (κ3) is 6.13. The van der Waals surface area contributed by atoms with Gasteiger partial charge in [0.25, 0.3) is 5.91 Å².